The van der Waals surface area contributed by atoms with Crippen molar-refractivity contribution in [3.05, 3.63) is 23.1 Å². The Kier molecular flexibility index (Phi) is 5.14. The molecule has 0 unspecified atom stereocenters. The van der Waals surface area contributed by atoms with Crippen molar-refractivity contribution in [3.8, 4) is 0 Å². The summed E-state index contributed by atoms with van der Waals surface area (Å²) in [6.45, 7) is 11.2. The second-order valence-corrected chi connectivity index (χ2v) is 4.18. The zero-order chi connectivity index (χ0) is 10.4. The molecule has 0 fully saturated rings. The molecule has 0 atom stereocenters. The fourth-order valence-electron chi connectivity index (χ4n) is 2.01. The topological polar surface area (TPSA) is 0 Å². The van der Waals surface area contributed by atoms with Crippen LogP contribution in [0.2, 0.25) is 0 Å². The maximum absolute atomic E-state index is 2.30. The van der Waals surface area contributed by atoms with Crippen LogP contribution in [-0.2, 0) is 0 Å². The van der Waals surface area contributed by atoms with Gasteiger partial charge in [-0.25, -0.2) is 0 Å². The van der Waals surface area contributed by atoms with Gasteiger partial charge in [-0.1, -0.05) is 0 Å². The molecule has 0 radical (unpaired) electrons. The first kappa shape index (κ1) is 11.7. The van der Waals surface area contributed by atoms with Crippen LogP contribution < -0.4 is 0 Å². The SMILES string of the molecule is CCCC(CCC)c1bbc(C)cc1. The summed E-state index contributed by atoms with van der Waals surface area (Å²) in [4.78, 5) is 0. The fourth-order valence-corrected chi connectivity index (χ4v) is 2.01. The first-order valence-electron chi connectivity index (χ1n) is 5.84. The molecule has 1 aromatic heterocycles. The molecule has 0 aliphatic heterocycles. The number of hydrogen-bond donors (Lipinski definition) is 0. The summed E-state index contributed by atoms with van der Waals surface area (Å²) < 4.78 is 0. The molecule has 2 heteroatoms. The van der Waals surface area contributed by atoms with Gasteiger partial charge in [0.25, 0.3) is 0 Å². The van der Waals surface area contributed by atoms with Gasteiger partial charge in [0.15, 0.2) is 0 Å². The van der Waals surface area contributed by atoms with E-state index >= 15 is 0 Å². The minimum absolute atomic E-state index is 0.783. The van der Waals surface area contributed by atoms with E-state index in [9.17, 15) is 0 Å². The zero-order valence-corrected chi connectivity index (χ0v) is 9.72. The van der Waals surface area contributed by atoms with Crippen molar-refractivity contribution in [2.24, 2.45) is 0 Å². The van der Waals surface area contributed by atoms with Crippen molar-refractivity contribution in [1.29, 1.82) is 0 Å². The summed E-state index contributed by atoms with van der Waals surface area (Å²) in [5, 5.41) is 0. The first-order chi connectivity index (χ1) is 6.77. The molecule has 74 valence electrons. The third-order valence-corrected chi connectivity index (χ3v) is 2.82. The monoisotopic (exact) mass is 186 g/mol. The van der Waals surface area contributed by atoms with E-state index in [1.165, 1.54) is 36.6 Å². The molecule has 0 nitrogen and oxygen atoms in total. The van der Waals surface area contributed by atoms with E-state index in [2.05, 4.69) is 46.5 Å². The van der Waals surface area contributed by atoms with E-state index in [4.69, 9.17) is 0 Å². The van der Waals surface area contributed by atoms with Crippen LogP contribution in [0.4, 0.5) is 0 Å². The van der Waals surface area contributed by atoms with E-state index in [-0.39, 0.29) is 0 Å². The van der Waals surface area contributed by atoms with Gasteiger partial charge in [-0.2, -0.15) is 0 Å². The Morgan fingerprint density at radius 3 is 2.14 bits per heavy atom. The van der Waals surface area contributed by atoms with Crippen LogP contribution in [0.3, 0.4) is 0 Å². The molecule has 0 N–H and O–H groups in total. The van der Waals surface area contributed by atoms with E-state index in [0.29, 0.717) is 0 Å². The van der Waals surface area contributed by atoms with E-state index in [1.807, 2.05) is 0 Å². The molecule has 0 bridgehead atoms. The Morgan fingerprint density at radius 1 is 1.07 bits per heavy atom. The molecule has 0 spiro atoms. The van der Waals surface area contributed by atoms with Crippen LogP contribution >= 0.6 is 0 Å². The Labute approximate surface area is 89.5 Å². The normalized spacial score (nSPS) is 10.3. The van der Waals surface area contributed by atoms with Crippen LogP contribution in [-0.4, -0.2) is 13.6 Å². The molecule has 0 aliphatic carbocycles. The van der Waals surface area contributed by atoms with Crippen LogP contribution in [0.5, 0.6) is 0 Å². The van der Waals surface area contributed by atoms with Gasteiger partial charge in [0, 0.05) is 0 Å². The predicted octanol–water partition coefficient (Wildman–Crippen LogP) is 3.36. The van der Waals surface area contributed by atoms with Crippen molar-refractivity contribution in [2.75, 3.05) is 0 Å². The van der Waals surface area contributed by atoms with Crippen LogP contribution in [0.1, 0.15) is 56.4 Å². The number of hydrogen-bond acceptors (Lipinski definition) is 0. The van der Waals surface area contributed by atoms with Crippen molar-refractivity contribution >= 4 is 13.6 Å². The average Bonchev–Trinajstić information content (AvgIpc) is 2.19. The maximum atomic E-state index is 2.30. The third kappa shape index (κ3) is 3.40. The molecule has 1 rings (SSSR count). The fraction of sp³-hybridized carbons (Fsp3) is 0.667. The second kappa shape index (κ2) is 6.16. The minimum atomic E-state index is 0.783. The molecule has 1 heterocycles. The zero-order valence-electron chi connectivity index (χ0n) is 9.72. The molecular formula is C12H20B2. The van der Waals surface area contributed by atoms with Crippen LogP contribution in [0, 0.1) is 6.92 Å². The predicted molar refractivity (Wildman–Crippen MR) is 66.4 cm³/mol. The Bertz CT molecular complexity index is 248. The number of aryl methyl sites for hydroxylation is 1. The second-order valence-electron chi connectivity index (χ2n) is 4.18. The number of rotatable bonds is 5. The molecule has 0 saturated carbocycles. The summed E-state index contributed by atoms with van der Waals surface area (Å²) >= 11 is 0. The summed E-state index contributed by atoms with van der Waals surface area (Å²) in [5.74, 6) is 0.783. The van der Waals surface area contributed by atoms with Crippen LogP contribution in [0.15, 0.2) is 12.1 Å². The van der Waals surface area contributed by atoms with E-state index < -0.39 is 0 Å². The Hall–Kier alpha value is -0.390. The van der Waals surface area contributed by atoms with Gasteiger partial charge >= 0.3 is 89.0 Å². The van der Waals surface area contributed by atoms with Crippen LogP contribution in [0.25, 0.3) is 0 Å². The van der Waals surface area contributed by atoms with Crippen molar-refractivity contribution in [2.45, 2.75) is 52.4 Å². The van der Waals surface area contributed by atoms with Gasteiger partial charge in [0.2, 0.25) is 0 Å². The standard InChI is InChI=1S/C12H20B2/c1-4-6-11(7-5-2)12-9-8-10(3)13-14-12/h8-9,11H,4-7H2,1-3H3. The Balaban J connectivity index is 2.71. The van der Waals surface area contributed by atoms with Gasteiger partial charge < -0.3 is 0 Å². The average molecular weight is 186 g/mol. The van der Waals surface area contributed by atoms with Crippen molar-refractivity contribution in [1.82, 2.24) is 0 Å². The summed E-state index contributed by atoms with van der Waals surface area (Å²) in [6.07, 6.45) is 5.24. The molecule has 1 aromatic rings. The van der Waals surface area contributed by atoms with Gasteiger partial charge in [0.1, 0.15) is 0 Å². The third-order valence-electron chi connectivity index (χ3n) is 2.82. The van der Waals surface area contributed by atoms with E-state index in [1.54, 1.807) is 0 Å². The molecule has 0 aromatic carbocycles. The first-order valence-corrected chi connectivity index (χ1v) is 5.84. The molecular weight excluding hydrogens is 166 g/mol. The summed E-state index contributed by atoms with van der Waals surface area (Å²) in [7, 11) is 0. The molecule has 0 saturated heterocycles. The quantitative estimate of drug-likeness (QED) is 0.661. The molecule has 0 amide bonds. The van der Waals surface area contributed by atoms with Crippen molar-refractivity contribution < 1.29 is 0 Å². The Morgan fingerprint density at radius 2 is 1.71 bits per heavy atom. The van der Waals surface area contributed by atoms with Crippen molar-refractivity contribution in [3.63, 3.8) is 0 Å². The van der Waals surface area contributed by atoms with Gasteiger partial charge in [-0.3, -0.25) is 0 Å². The van der Waals surface area contributed by atoms with E-state index in [0.717, 1.165) is 5.92 Å². The van der Waals surface area contributed by atoms with Gasteiger partial charge in [-0.05, 0) is 0 Å². The summed E-state index contributed by atoms with van der Waals surface area (Å²) in [5.41, 5.74) is 2.89. The summed E-state index contributed by atoms with van der Waals surface area (Å²) in [6, 6.07) is 4.53. The van der Waals surface area contributed by atoms with Gasteiger partial charge in [0.05, 0.1) is 0 Å². The molecule has 0 aliphatic rings. The van der Waals surface area contributed by atoms with Gasteiger partial charge in [-0.15, -0.1) is 0 Å². The molecule has 14 heavy (non-hydrogen) atoms.